The Kier molecular flexibility index (Phi) is 5.80. The summed E-state index contributed by atoms with van der Waals surface area (Å²) in [6.07, 6.45) is 2.64. The number of hydrogen-bond acceptors (Lipinski definition) is 5. The summed E-state index contributed by atoms with van der Waals surface area (Å²) >= 11 is 0. The number of hydrogen-bond donors (Lipinski definition) is 2. The van der Waals surface area contributed by atoms with Crippen LogP contribution in [0.2, 0.25) is 0 Å². The molecular formula is C18H23N5O4S. The summed E-state index contributed by atoms with van der Waals surface area (Å²) in [5, 5.41) is 6.95. The molecule has 1 aromatic carbocycles. The summed E-state index contributed by atoms with van der Waals surface area (Å²) < 4.78 is 26.8. The van der Waals surface area contributed by atoms with E-state index in [9.17, 15) is 18.0 Å². The van der Waals surface area contributed by atoms with Crippen LogP contribution in [0.15, 0.2) is 36.5 Å². The molecule has 0 radical (unpaired) electrons. The smallest absolute Gasteiger partial charge is 0.269 e. The predicted octanol–water partition coefficient (Wildman–Crippen LogP) is 0.971. The van der Waals surface area contributed by atoms with E-state index in [1.165, 1.54) is 15.1 Å². The number of nitrogens with one attached hydrogen (secondary N) is 1. The third-order valence-electron chi connectivity index (χ3n) is 4.82. The normalized spacial score (nSPS) is 16.0. The van der Waals surface area contributed by atoms with Crippen LogP contribution in [0.4, 0.5) is 5.69 Å². The van der Waals surface area contributed by atoms with Crippen LogP contribution in [0.25, 0.3) is 5.69 Å². The molecule has 0 atom stereocenters. The van der Waals surface area contributed by atoms with Gasteiger partial charge in [0, 0.05) is 30.9 Å². The molecule has 1 saturated heterocycles. The van der Waals surface area contributed by atoms with Crippen molar-refractivity contribution in [2.45, 2.75) is 19.8 Å². The zero-order valence-electron chi connectivity index (χ0n) is 15.5. The standard InChI is InChI=1S/C18H23N5O4S/c1-2-28(26,27)22-10-7-13(8-11-22)18(25)20-14-3-5-15(6-4-14)23-12-9-16(21-23)17(19)24/h3-6,9,12-13H,2,7-8,10-11H2,1H3,(H2,19,24)(H,20,25). The van der Waals surface area contributed by atoms with Crippen molar-refractivity contribution < 1.29 is 18.0 Å². The lowest BCUT2D eigenvalue weighted by molar-refractivity contribution is -0.120. The molecule has 1 aliphatic heterocycles. The van der Waals surface area contributed by atoms with Crippen LogP contribution < -0.4 is 11.1 Å². The Hall–Kier alpha value is -2.72. The van der Waals surface area contributed by atoms with Crippen molar-refractivity contribution in [1.82, 2.24) is 14.1 Å². The first-order valence-electron chi connectivity index (χ1n) is 9.05. The number of nitrogens with two attached hydrogens (primary N) is 1. The van der Waals surface area contributed by atoms with Crippen molar-refractivity contribution in [2.24, 2.45) is 11.7 Å². The quantitative estimate of drug-likeness (QED) is 0.740. The van der Waals surface area contributed by atoms with Crippen LogP contribution in [0.5, 0.6) is 0 Å². The Balaban J connectivity index is 1.58. The molecule has 0 aliphatic carbocycles. The second-order valence-electron chi connectivity index (χ2n) is 6.62. The minimum Gasteiger partial charge on any atom is -0.364 e. The molecule has 1 aliphatic rings. The number of benzene rings is 1. The van der Waals surface area contributed by atoms with E-state index in [-0.39, 0.29) is 23.3 Å². The van der Waals surface area contributed by atoms with Crippen molar-refractivity contribution in [1.29, 1.82) is 0 Å². The first kappa shape index (κ1) is 20.0. The highest BCUT2D eigenvalue weighted by Crippen LogP contribution is 2.22. The Morgan fingerprint density at radius 2 is 1.82 bits per heavy atom. The number of rotatable bonds is 6. The van der Waals surface area contributed by atoms with Gasteiger partial charge >= 0.3 is 0 Å². The van der Waals surface area contributed by atoms with Gasteiger partial charge in [0.05, 0.1) is 11.4 Å². The molecule has 10 heteroatoms. The van der Waals surface area contributed by atoms with E-state index in [1.54, 1.807) is 37.4 Å². The zero-order chi connectivity index (χ0) is 20.3. The molecule has 2 aromatic rings. The minimum atomic E-state index is -3.20. The van der Waals surface area contributed by atoms with Gasteiger partial charge in [-0.2, -0.15) is 5.10 Å². The van der Waals surface area contributed by atoms with E-state index < -0.39 is 15.9 Å². The number of anilines is 1. The highest BCUT2D eigenvalue weighted by Gasteiger charge is 2.30. The first-order valence-corrected chi connectivity index (χ1v) is 10.7. The maximum atomic E-state index is 12.5. The summed E-state index contributed by atoms with van der Waals surface area (Å²) in [6.45, 7) is 2.36. The number of sulfonamides is 1. The summed E-state index contributed by atoms with van der Waals surface area (Å²) in [5.41, 5.74) is 6.74. The summed E-state index contributed by atoms with van der Waals surface area (Å²) in [5.74, 6) is -0.850. The van der Waals surface area contributed by atoms with E-state index in [0.717, 1.165) is 5.69 Å². The van der Waals surface area contributed by atoms with Crippen LogP contribution in [0.1, 0.15) is 30.3 Å². The highest BCUT2D eigenvalue weighted by atomic mass is 32.2. The van der Waals surface area contributed by atoms with Crippen molar-refractivity contribution in [3.8, 4) is 5.69 Å². The van der Waals surface area contributed by atoms with Crippen molar-refractivity contribution in [3.05, 3.63) is 42.2 Å². The molecule has 1 fully saturated rings. The fraction of sp³-hybridized carbons (Fsp3) is 0.389. The molecule has 150 valence electrons. The number of piperidine rings is 1. The number of amides is 2. The predicted molar refractivity (Wildman–Crippen MR) is 104 cm³/mol. The van der Waals surface area contributed by atoms with E-state index in [1.807, 2.05) is 0 Å². The number of primary amides is 1. The third kappa shape index (κ3) is 4.39. The zero-order valence-corrected chi connectivity index (χ0v) is 16.4. The monoisotopic (exact) mass is 405 g/mol. The van der Waals surface area contributed by atoms with Crippen LogP contribution >= 0.6 is 0 Å². The van der Waals surface area contributed by atoms with E-state index in [0.29, 0.717) is 31.6 Å². The van der Waals surface area contributed by atoms with Crippen LogP contribution in [-0.2, 0) is 14.8 Å². The molecule has 2 amide bonds. The van der Waals surface area contributed by atoms with Gasteiger partial charge in [0.1, 0.15) is 5.69 Å². The topological polar surface area (TPSA) is 127 Å². The van der Waals surface area contributed by atoms with Gasteiger partial charge in [0.2, 0.25) is 15.9 Å². The maximum Gasteiger partial charge on any atom is 0.269 e. The molecule has 3 N–H and O–H groups in total. The van der Waals surface area contributed by atoms with Crippen molar-refractivity contribution >= 4 is 27.5 Å². The molecular weight excluding hydrogens is 382 g/mol. The summed E-state index contributed by atoms with van der Waals surface area (Å²) in [7, 11) is -3.20. The molecule has 3 rings (SSSR count). The lowest BCUT2D eigenvalue weighted by Crippen LogP contribution is -2.42. The number of carbonyl (C=O) groups is 2. The Morgan fingerprint density at radius 1 is 1.18 bits per heavy atom. The van der Waals surface area contributed by atoms with Crippen molar-refractivity contribution in [2.75, 3.05) is 24.2 Å². The Bertz CT molecular complexity index is 960. The SMILES string of the molecule is CCS(=O)(=O)N1CCC(C(=O)Nc2ccc(-n3ccc(C(N)=O)n3)cc2)CC1. The number of carbonyl (C=O) groups excluding carboxylic acids is 2. The molecule has 0 bridgehead atoms. The van der Waals surface area contributed by atoms with Gasteiger partial charge in [-0.05, 0) is 50.1 Å². The average molecular weight is 405 g/mol. The van der Waals surface area contributed by atoms with Crippen molar-refractivity contribution in [3.63, 3.8) is 0 Å². The minimum absolute atomic E-state index is 0.0768. The van der Waals surface area contributed by atoms with Gasteiger partial charge in [-0.3, -0.25) is 9.59 Å². The molecule has 0 spiro atoms. The van der Waals surface area contributed by atoms with E-state index >= 15 is 0 Å². The van der Waals surface area contributed by atoms with E-state index in [2.05, 4.69) is 10.4 Å². The molecule has 9 nitrogen and oxygen atoms in total. The molecule has 2 heterocycles. The fourth-order valence-electron chi connectivity index (χ4n) is 3.12. The largest absolute Gasteiger partial charge is 0.364 e. The van der Waals surface area contributed by atoms with Gasteiger partial charge in [0.25, 0.3) is 5.91 Å². The molecule has 1 aromatic heterocycles. The Morgan fingerprint density at radius 3 is 2.36 bits per heavy atom. The summed E-state index contributed by atoms with van der Waals surface area (Å²) in [6, 6.07) is 8.56. The Labute approximate surface area is 163 Å². The lowest BCUT2D eigenvalue weighted by Gasteiger charge is -2.30. The van der Waals surface area contributed by atoms with Gasteiger partial charge < -0.3 is 11.1 Å². The number of nitrogens with zero attached hydrogens (tertiary/aromatic N) is 3. The van der Waals surface area contributed by atoms with Gasteiger partial charge in [-0.1, -0.05) is 0 Å². The number of aromatic nitrogens is 2. The highest BCUT2D eigenvalue weighted by molar-refractivity contribution is 7.89. The summed E-state index contributed by atoms with van der Waals surface area (Å²) in [4.78, 5) is 23.6. The molecule has 0 unspecified atom stereocenters. The van der Waals surface area contributed by atoms with Crippen LogP contribution in [0.3, 0.4) is 0 Å². The van der Waals surface area contributed by atoms with Gasteiger partial charge in [-0.15, -0.1) is 0 Å². The average Bonchev–Trinajstić information content (AvgIpc) is 3.19. The first-order chi connectivity index (χ1) is 13.3. The second kappa shape index (κ2) is 8.11. The molecule has 0 saturated carbocycles. The third-order valence-corrected chi connectivity index (χ3v) is 6.71. The van der Waals surface area contributed by atoms with E-state index in [4.69, 9.17) is 5.73 Å². The fourth-order valence-corrected chi connectivity index (χ4v) is 4.25. The van der Waals surface area contributed by atoms with Crippen LogP contribution in [-0.4, -0.2) is 53.2 Å². The second-order valence-corrected chi connectivity index (χ2v) is 8.88. The lowest BCUT2D eigenvalue weighted by atomic mass is 9.97. The van der Waals surface area contributed by atoms with Gasteiger partial charge in [-0.25, -0.2) is 17.4 Å². The maximum absolute atomic E-state index is 12.5. The molecule has 28 heavy (non-hydrogen) atoms. The van der Waals surface area contributed by atoms with Crippen LogP contribution in [0, 0.1) is 5.92 Å². The van der Waals surface area contributed by atoms with Gasteiger partial charge in [0.15, 0.2) is 0 Å².